The SMILES string of the molecule is CCC1=[N+](c2ccccc2CN2CCCC2)C(=O)c2ccccc21. The number of likely N-dealkylation sites (tertiary alicyclic amines) is 1. The Labute approximate surface area is 143 Å². The Morgan fingerprint density at radius 2 is 1.62 bits per heavy atom. The Balaban J connectivity index is 1.80. The van der Waals surface area contributed by atoms with Gasteiger partial charge in [-0.3, -0.25) is 4.90 Å². The van der Waals surface area contributed by atoms with Gasteiger partial charge in [0.2, 0.25) is 5.69 Å². The summed E-state index contributed by atoms with van der Waals surface area (Å²) in [5.41, 5.74) is 5.31. The number of amides is 1. The van der Waals surface area contributed by atoms with Crippen LogP contribution in [0, 0.1) is 0 Å². The summed E-state index contributed by atoms with van der Waals surface area (Å²) in [4.78, 5) is 15.5. The number of rotatable bonds is 4. The maximum atomic E-state index is 13.0. The van der Waals surface area contributed by atoms with Gasteiger partial charge in [0.25, 0.3) is 0 Å². The first-order valence-electron chi connectivity index (χ1n) is 8.89. The van der Waals surface area contributed by atoms with E-state index < -0.39 is 0 Å². The highest BCUT2D eigenvalue weighted by Crippen LogP contribution is 2.30. The molecule has 0 aromatic heterocycles. The molecule has 0 N–H and O–H groups in total. The lowest BCUT2D eigenvalue weighted by atomic mass is 10.0. The molecule has 2 aliphatic heterocycles. The first kappa shape index (κ1) is 15.3. The average molecular weight is 319 g/mol. The third kappa shape index (κ3) is 2.49. The van der Waals surface area contributed by atoms with Crippen LogP contribution in [0.15, 0.2) is 48.5 Å². The maximum Gasteiger partial charge on any atom is 0.426 e. The van der Waals surface area contributed by atoms with Gasteiger partial charge in [0.05, 0.1) is 5.56 Å². The topological polar surface area (TPSA) is 23.3 Å². The Morgan fingerprint density at radius 1 is 0.958 bits per heavy atom. The molecule has 1 fully saturated rings. The predicted molar refractivity (Wildman–Crippen MR) is 96.0 cm³/mol. The molecule has 1 amide bonds. The number of benzene rings is 2. The molecule has 0 unspecified atom stereocenters. The number of para-hydroxylation sites is 1. The van der Waals surface area contributed by atoms with Gasteiger partial charge in [-0.15, -0.1) is 4.58 Å². The van der Waals surface area contributed by atoms with Crippen LogP contribution >= 0.6 is 0 Å². The second-order valence-corrected chi connectivity index (χ2v) is 6.60. The minimum atomic E-state index is 0.108. The maximum absolute atomic E-state index is 13.0. The Kier molecular flexibility index (Phi) is 4.03. The van der Waals surface area contributed by atoms with Crippen LogP contribution in [0.5, 0.6) is 0 Å². The molecule has 1 saturated heterocycles. The van der Waals surface area contributed by atoms with Crippen molar-refractivity contribution in [3.05, 3.63) is 65.2 Å². The molecule has 2 aromatic rings. The summed E-state index contributed by atoms with van der Waals surface area (Å²) in [5.74, 6) is 0.108. The minimum absolute atomic E-state index is 0.108. The Hall–Kier alpha value is -2.26. The lowest BCUT2D eigenvalue weighted by Gasteiger charge is -2.15. The van der Waals surface area contributed by atoms with Gasteiger partial charge in [0.15, 0.2) is 5.71 Å². The summed E-state index contributed by atoms with van der Waals surface area (Å²) < 4.78 is 1.94. The average Bonchev–Trinajstić information content (AvgIpc) is 3.22. The molecule has 2 aliphatic rings. The Bertz CT molecular complexity index is 816. The zero-order chi connectivity index (χ0) is 16.5. The van der Waals surface area contributed by atoms with Crippen molar-refractivity contribution >= 4 is 17.3 Å². The van der Waals surface area contributed by atoms with Crippen LogP contribution in [-0.2, 0) is 6.54 Å². The molecule has 0 saturated carbocycles. The summed E-state index contributed by atoms with van der Waals surface area (Å²) in [6.07, 6.45) is 3.41. The van der Waals surface area contributed by atoms with Gasteiger partial charge in [-0.2, -0.15) is 0 Å². The van der Waals surface area contributed by atoms with E-state index in [1.165, 1.54) is 18.4 Å². The fourth-order valence-electron chi connectivity index (χ4n) is 3.93. The van der Waals surface area contributed by atoms with Crippen molar-refractivity contribution in [2.45, 2.75) is 32.7 Å². The van der Waals surface area contributed by atoms with Gasteiger partial charge in [-0.05, 0) is 38.1 Å². The highest BCUT2D eigenvalue weighted by Gasteiger charge is 2.39. The normalized spacial score (nSPS) is 17.6. The number of nitrogens with zero attached hydrogens (tertiary/aromatic N) is 2. The van der Waals surface area contributed by atoms with Crippen molar-refractivity contribution in [3.63, 3.8) is 0 Å². The lowest BCUT2D eigenvalue weighted by Crippen LogP contribution is -2.22. The predicted octanol–water partition coefficient (Wildman–Crippen LogP) is 3.98. The fourth-order valence-corrected chi connectivity index (χ4v) is 3.93. The zero-order valence-electron chi connectivity index (χ0n) is 14.2. The van der Waals surface area contributed by atoms with Crippen molar-refractivity contribution in [1.82, 2.24) is 4.90 Å². The number of hydrogen-bond acceptors (Lipinski definition) is 2. The van der Waals surface area contributed by atoms with Crippen LogP contribution in [0.1, 0.15) is 47.7 Å². The fraction of sp³-hybridized carbons (Fsp3) is 0.333. The third-order valence-electron chi connectivity index (χ3n) is 5.10. The molecule has 24 heavy (non-hydrogen) atoms. The Morgan fingerprint density at radius 3 is 2.38 bits per heavy atom. The molecular formula is C21H23N2O+. The summed E-state index contributed by atoms with van der Waals surface area (Å²) >= 11 is 0. The van der Waals surface area contributed by atoms with Crippen LogP contribution in [0.4, 0.5) is 5.69 Å². The molecule has 3 nitrogen and oxygen atoms in total. The highest BCUT2D eigenvalue weighted by molar-refractivity contribution is 6.14. The molecule has 2 heterocycles. The molecule has 3 heteroatoms. The van der Waals surface area contributed by atoms with Crippen LogP contribution in [0.3, 0.4) is 0 Å². The molecule has 2 aromatic carbocycles. The largest absolute Gasteiger partial charge is 0.426 e. The molecule has 0 spiro atoms. The van der Waals surface area contributed by atoms with Crippen molar-refractivity contribution in [2.75, 3.05) is 13.1 Å². The lowest BCUT2D eigenvalue weighted by molar-refractivity contribution is -0.333. The van der Waals surface area contributed by atoms with E-state index in [0.717, 1.165) is 48.6 Å². The van der Waals surface area contributed by atoms with Gasteiger partial charge >= 0.3 is 5.91 Å². The second kappa shape index (κ2) is 6.33. The first-order chi connectivity index (χ1) is 11.8. The zero-order valence-corrected chi connectivity index (χ0v) is 14.2. The standard InChI is InChI=1S/C21H23N2O/c1-2-19-17-10-4-5-11-18(17)21(24)23(19)20-12-6-3-9-16(20)15-22-13-7-8-14-22/h3-6,9-12H,2,7-8,13-15H2,1H3/q+1. The first-order valence-corrected chi connectivity index (χ1v) is 8.89. The van der Waals surface area contributed by atoms with E-state index in [1.807, 2.05) is 28.8 Å². The molecule has 0 radical (unpaired) electrons. The van der Waals surface area contributed by atoms with E-state index in [4.69, 9.17) is 0 Å². The second-order valence-electron chi connectivity index (χ2n) is 6.60. The van der Waals surface area contributed by atoms with Gasteiger partial charge in [-0.1, -0.05) is 37.3 Å². The molecular weight excluding hydrogens is 296 g/mol. The van der Waals surface area contributed by atoms with Crippen LogP contribution < -0.4 is 0 Å². The molecule has 122 valence electrons. The van der Waals surface area contributed by atoms with E-state index in [-0.39, 0.29) is 5.91 Å². The minimum Gasteiger partial charge on any atom is -0.299 e. The molecule has 0 bridgehead atoms. The van der Waals surface area contributed by atoms with E-state index >= 15 is 0 Å². The summed E-state index contributed by atoms with van der Waals surface area (Å²) in [5, 5.41) is 0. The number of carbonyl (C=O) groups is 1. The van der Waals surface area contributed by atoms with E-state index in [2.05, 4.69) is 36.1 Å². The quantitative estimate of drug-likeness (QED) is 0.796. The molecule has 0 aliphatic carbocycles. The number of fused-ring (bicyclic) bond motifs is 1. The van der Waals surface area contributed by atoms with Crippen LogP contribution in [0.2, 0.25) is 0 Å². The van der Waals surface area contributed by atoms with Crippen LogP contribution in [-0.4, -0.2) is 34.2 Å². The van der Waals surface area contributed by atoms with Crippen molar-refractivity contribution in [3.8, 4) is 0 Å². The van der Waals surface area contributed by atoms with Gasteiger partial charge in [0, 0.05) is 24.6 Å². The van der Waals surface area contributed by atoms with Crippen molar-refractivity contribution in [1.29, 1.82) is 0 Å². The summed E-state index contributed by atoms with van der Waals surface area (Å²) in [6.45, 7) is 5.37. The molecule has 4 rings (SSSR count). The monoisotopic (exact) mass is 319 g/mol. The summed E-state index contributed by atoms with van der Waals surface area (Å²) in [6, 6.07) is 16.3. The van der Waals surface area contributed by atoms with Crippen molar-refractivity contribution < 1.29 is 9.37 Å². The number of carbonyl (C=O) groups excluding carboxylic acids is 1. The van der Waals surface area contributed by atoms with E-state index in [9.17, 15) is 4.79 Å². The molecule has 0 atom stereocenters. The van der Waals surface area contributed by atoms with Gasteiger partial charge in [0.1, 0.15) is 5.56 Å². The van der Waals surface area contributed by atoms with Crippen molar-refractivity contribution in [2.24, 2.45) is 0 Å². The third-order valence-corrected chi connectivity index (χ3v) is 5.10. The smallest absolute Gasteiger partial charge is 0.299 e. The van der Waals surface area contributed by atoms with Gasteiger partial charge < -0.3 is 0 Å². The van der Waals surface area contributed by atoms with E-state index in [0.29, 0.717) is 0 Å². The highest BCUT2D eigenvalue weighted by atomic mass is 16.2. The van der Waals surface area contributed by atoms with Crippen LogP contribution in [0.25, 0.3) is 0 Å². The number of hydrogen-bond donors (Lipinski definition) is 0. The van der Waals surface area contributed by atoms with Gasteiger partial charge in [-0.25, -0.2) is 4.79 Å². The van der Waals surface area contributed by atoms with E-state index in [1.54, 1.807) is 0 Å². The summed E-state index contributed by atoms with van der Waals surface area (Å²) in [7, 11) is 0.